The highest BCUT2D eigenvalue weighted by molar-refractivity contribution is 5.75. The smallest absolute Gasteiger partial charge is 0.416 e. The summed E-state index contributed by atoms with van der Waals surface area (Å²) in [4.78, 5) is 4.32. The van der Waals surface area contributed by atoms with Crippen molar-refractivity contribution in [2.24, 2.45) is 0 Å². The fraction of sp³-hybridized carbons (Fsp3) is 0.158. The van der Waals surface area contributed by atoms with E-state index < -0.39 is 11.7 Å². The van der Waals surface area contributed by atoms with Gasteiger partial charge in [-0.3, -0.25) is 0 Å². The van der Waals surface area contributed by atoms with E-state index in [1.54, 1.807) is 16.7 Å². The van der Waals surface area contributed by atoms with E-state index in [2.05, 4.69) is 11.1 Å². The van der Waals surface area contributed by atoms with Crippen molar-refractivity contribution < 1.29 is 17.9 Å². The molecule has 0 amide bonds. The molecule has 0 unspecified atom stereocenters. The van der Waals surface area contributed by atoms with Crippen molar-refractivity contribution in [2.45, 2.75) is 12.7 Å². The zero-order valence-electron chi connectivity index (χ0n) is 13.4. The largest absolute Gasteiger partial charge is 0.491 e. The molecule has 0 bridgehead atoms. The van der Waals surface area contributed by atoms with E-state index in [4.69, 9.17) is 4.74 Å². The summed E-state index contributed by atoms with van der Waals surface area (Å²) in [5, 5.41) is 9.20. The van der Waals surface area contributed by atoms with Gasteiger partial charge in [-0.1, -0.05) is 18.2 Å². The van der Waals surface area contributed by atoms with Crippen LogP contribution in [0.2, 0.25) is 0 Å². The predicted molar refractivity (Wildman–Crippen MR) is 88.3 cm³/mol. The van der Waals surface area contributed by atoms with Gasteiger partial charge in [-0.05, 0) is 35.4 Å². The third-order valence-electron chi connectivity index (χ3n) is 4.31. The number of ether oxygens (including phenoxy) is 1. The fourth-order valence-electron chi connectivity index (χ4n) is 3.01. The normalized spacial score (nSPS) is 13.2. The molecular weight excluding hydrogens is 343 g/mol. The van der Waals surface area contributed by atoms with Crippen molar-refractivity contribution in [2.75, 3.05) is 6.61 Å². The number of hydrogen-bond acceptors (Lipinski definition) is 3. The van der Waals surface area contributed by atoms with Crippen LogP contribution >= 0.6 is 0 Å². The minimum Gasteiger partial charge on any atom is -0.491 e. The van der Waals surface area contributed by atoms with Crippen molar-refractivity contribution in [3.63, 3.8) is 0 Å². The summed E-state index contributed by atoms with van der Waals surface area (Å²) in [5.41, 5.74) is 1.87. The highest BCUT2D eigenvalue weighted by Crippen LogP contribution is 2.37. The Kier molecular flexibility index (Phi) is 3.69. The van der Waals surface area contributed by atoms with Gasteiger partial charge in [-0.15, -0.1) is 0 Å². The number of hydrogen-bond donors (Lipinski definition) is 0. The minimum absolute atomic E-state index is 0.407. The minimum atomic E-state index is -4.36. The van der Waals surface area contributed by atoms with Gasteiger partial charge in [0.15, 0.2) is 0 Å². The maximum absolute atomic E-state index is 12.7. The van der Waals surface area contributed by atoms with Gasteiger partial charge in [0.05, 0.1) is 23.9 Å². The second-order valence-corrected chi connectivity index (χ2v) is 5.86. The molecular formula is C19H12F3N3O. The number of nitriles is 1. The zero-order valence-corrected chi connectivity index (χ0v) is 13.4. The van der Waals surface area contributed by atoms with E-state index in [1.807, 2.05) is 6.07 Å². The Labute approximate surface area is 147 Å². The van der Waals surface area contributed by atoms with Crippen molar-refractivity contribution in [1.29, 1.82) is 5.26 Å². The molecule has 3 aromatic rings. The third-order valence-corrected chi connectivity index (χ3v) is 4.31. The van der Waals surface area contributed by atoms with Crippen molar-refractivity contribution >= 4 is 0 Å². The summed E-state index contributed by atoms with van der Waals surface area (Å²) in [5.74, 6) is 1.25. The van der Waals surface area contributed by atoms with Crippen LogP contribution in [-0.4, -0.2) is 16.2 Å². The zero-order chi connectivity index (χ0) is 18.3. The van der Waals surface area contributed by atoms with Crippen LogP contribution in [0.1, 0.15) is 11.3 Å². The summed E-state index contributed by atoms with van der Waals surface area (Å²) in [6.45, 7) is 0.910. The quantitative estimate of drug-likeness (QED) is 0.646. The van der Waals surface area contributed by atoms with Crippen LogP contribution in [0, 0.1) is 11.3 Å². The second-order valence-electron chi connectivity index (χ2n) is 5.86. The van der Waals surface area contributed by atoms with Crippen molar-refractivity contribution in [1.82, 2.24) is 9.55 Å². The molecule has 1 aliphatic rings. The lowest BCUT2D eigenvalue weighted by atomic mass is 10.0. The first-order valence-corrected chi connectivity index (χ1v) is 7.88. The molecule has 130 valence electrons. The van der Waals surface area contributed by atoms with Crippen molar-refractivity contribution in [3.05, 3.63) is 59.9 Å². The molecule has 4 nitrogen and oxygen atoms in total. The predicted octanol–water partition coefficient (Wildman–Crippen LogP) is 4.50. The number of aromatic nitrogens is 2. The molecule has 4 rings (SSSR count). The van der Waals surface area contributed by atoms with Crippen LogP contribution in [0.5, 0.6) is 5.75 Å². The van der Waals surface area contributed by atoms with E-state index in [0.29, 0.717) is 41.5 Å². The monoisotopic (exact) mass is 355 g/mol. The Bertz CT molecular complexity index is 1010. The Morgan fingerprint density at radius 2 is 1.81 bits per heavy atom. The molecule has 1 aromatic heterocycles. The molecule has 0 radical (unpaired) electrons. The average Bonchev–Trinajstić information content (AvgIpc) is 2.95. The van der Waals surface area contributed by atoms with Crippen LogP contribution in [0.4, 0.5) is 13.2 Å². The SMILES string of the molecule is N#Cc1cnc2n1CCOc1ccc(-c3ccc(C(F)(F)F)cc3)cc1-2. The number of benzene rings is 2. The Balaban J connectivity index is 1.79. The maximum atomic E-state index is 12.7. The average molecular weight is 355 g/mol. The maximum Gasteiger partial charge on any atom is 0.416 e. The van der Waals surface area contributed by atoms with Crippen LogP contribution < -0.4 is 4.74 Å². The summed E-state index contributed by atoms with van der Waals surface area (Å²) < 4.78 is 45.7. The molecule has 26 heavy (non-hydrogen) atoms. The van der Waals surface area contributed by atoms with E-state index in [-0.39, 0.29) is 0 Å². The van der Waals surface area contributed by atoms with Gasteiger partial charge >= 0.3 is 6.18 Å². The number of halogens is 3. The number of nitrogens with zero attached hydrogens (tertiary/aromatic N) is 3. The first-order valence-electron chi connectivity index (χ1n) is 7.88. The summed E-state index contributed by atoms with van der Waals surface area (Å²) in [6, 6.07) is 12.5. The van der Waals surface area contributed by atoms with Gasteiger partial charge in [0.1, 0.15) is 29.9 Å². The Morgan fingerprint density at radius 3 is 2.50 bits per heavy atom. The number of imidazole rings is 1. The van der Waals surface area contributed by atoms with Gasteiger partial charge in [-0.25, -0.2) is 4.98 Å². The van der Waals surface area contributed by atoms with E-state index in [1.165, 1.54) is 18.3 Å². The molecule has 1 aliphatic heterocycles. The molecule has 0 saturated heterocycles. The van der Waals surface area contributed by atoms with Gasteiger partial charge in [0.25, 0.3) is 0 Å². The van der Waals surface area contributed by atoms with Gasteiger partial charge in [-0.2, -0.15) is 18.4 Å². The summed E-state index contributed by atoms with van der Waals surface area (Å²) >= 11 is 0. The van der Waals surface area contributed by atoms with Crippen LogP contribution in [0.25, 0.3) is 22.5 Å². The lowest BCUT2D eigenvalue weighted by Gasteiger charge is -2.11. The van der Waals surface area contributed by atoms with E-state index in [0.717, 1.165) is 17.7 Å². The number of rotatable bonds is 1. The Morgan fingerprint density at radius 1 is 1.08 bits per heavy atom. The van der Waals surface area contributed by atoms with Crippen LogP contribution in [-0.2, 0) is 12.7 Å². The molecule has 0 saturated carbocycles. The molecule has 2 aromatic carbocycles. The van der Waals surface area contributed by atoms with Crippen LogP contribution in [0.15, 0.2) is 48.7 Å². The van der Waals surface area contributed by atoms with Gasteiger partial charge in [0, 0.05) is 0 Å². The number of fused-ring (bicyclic) bond motifs is 3. The molecule has 0 fully saturated rings. The summed E-state index contributed by atoms with van der Waals surface area (Å²) in [6.07, 6.45) is -2.85. The van der Waals surface area contributed by atoms with Gasteiger partial charge < -0.3 is 9.30 Å². The highest BCUT2D eigenvalue weighted by Gasteiger charge is 2.30. The highest BCUT2D eigenvalue weighted by atomic mass is 19.4. The molecule has 0 spiro atoms. The number of alkyl halides is 3. The van der Waals surface area contributed by atoms with Crippen molar-refractivity contribution in [3.8, 4) is 34.3 Å². The first kappa shape index (κ1) is 16.2. The third kappa shape index (κ3) is 2.69. The molecule has 2 heterocycles. The molecule has 0 aliphatic carbocycles. The summed E-state index contributed by atoms with van der Waals surface area (Å²) in [7, 11) is 0. The van der Waals surface area contributed by atoms with E-state index >= 15 is 0 Å². The lowest BCUT2D eigenvalue weighted by Crippen LogP contribution is -2.07. The van der Waals surface area contributed by atoms with E-state index in [9.17, 15) is 18.4 Å². The van der Waals surface area contributed by atoms with Gasteiger partial charge in [0.2, 0.25) is 0 Å². The Hall–Kier alpha value is -3.27. The lowest BCUT2D eigenvalue weighted by molar-refractivity contribution is -0.137. The first-order chi connectivity index (χ1) is 12.5. The molecule has 0 N–H and O–H groups in total. The molecule has 7 heteroatoms. The topological polar surface area (TPSA) is 50.8 Å². The second kappa shape index (κ2) is 5.92. The molecule has 0 atom stereocenters. The van der Waals surface area contributed by atoms with Crippen LogP contribution in [0.3, 0.4) is 0 Å². The fourth-order valence-corrected chi connectivity index (χ4v) is 3.01. The standard InChI is InChI=1S/C19H12F3N3O/c20-19(21,22)14-4-1-12(2-5-14)13-3-6-17-16(9-13)18-24-11-15(10-23)25(18)7-8-26-17/h1-6,9,11H,7-8H2.